The molecule has 1 heterocycles. The number of aromatic nitrogens is 4. The lowest BCUT2D eigenvalue weighted by atomic mass is 10.2. The molecule has 1 aromatic heterocycles. The van der Waals surface area contributed by atoms with Gasteiger partial charge in [0.05, 0.1) is 13.2 Å². The number of methoxy groups -OCH3 is 1. The second-order valence-corrected chi connectivity index (χ2v) is 5.48. The largest absolute Gasteiger partial charge is 0.383 e. The minimum absolute atomic E-state index is 0.724. The summed E-state index contributed by atoms with van der Waals surface area (Å²) in [6.45, 7) is 6.94. The summed E-state index contributed by atoms with van der Waals surface area (Å²) in [7, 11) is 1.70. The molecule has 0 bridgehead atoms. The van der Waals surface area contributed by atoms with Gasteiger partial charge in [-0.05, 0) is 29.7 Å². The van der Waals surface area contributed by atoms with Crippen molar-refractivity contribution in [3.05, 3.63) is 12.7 Å². The van der Waals surface area contributed by atoms with Crippen LogP contribution >= 0.6 is 11.8 Å². The van der Waals surface area contributed by atoms with Crippen LogP contribution in [0.4, 0.5) is 0 Å². The van der Waals surface area contributed by atoms with E-state index in [1.807, 2.05) is 10.8 Å². The summed E-state index contributed by atoms with van der Waals surface area (Å²) in [5.41, 5.74) is 0. The average Bonchev–Trinajstić information content (AvgIpc) is 2.90. The fraction of sp³-hybridized carbons (Fsp3) is 0.769. The lowest BCUT2D eigenvalue weighted by molar-refractivity contribution is 0.199. The van der Waals surface area contributed by atoms with Gasteiger partial charge >= 0.3 is 0 Å². The zero-order chi connectivity index (χ0) is 14.5. The summed E-state index contributed by atoms with van der Waals surface area (Å²) in [4.78, 5) is 0. The predicted molar refractivity (Wildman–Crippen MR) is 82.0 cm³/mol. The standard InChI is InChI=1S/C13H25N5OS/c1-3-4-5-6-7-12-20-13-15-16-17-18(13)10-8-14-9-11-19-2/h3,14H,1,4-12H2,2H3. The Kier molecular flexibility index (Phi) is 10.2. The van der Waals surface area contributed by atoms with Crippen molar-refractivity contribution < 1.29 is 4.74 Å². The molecular weight excluding hydrogens is 274 g/mol. The van der Waals surface area contributed by atoms with Gasteiger partial charge in [0.25, 0.3) is 0 Å². The van der Waals surface area contributed by atoms with Crippen LogP contribution in [0.2, 0.25) is 0 Å². The maximum Gasteiger partial charge on any atom is 0.209 e. The van der Waals surface area contributed by atoms with Crippen LogP contribution in [0.15, 0.2) is 17.8 Å². The molecule has 0 spiro atoms. The minimum atomic E-state index is 0.724. The van der Waals surface area contributed by atoms with E-state index >= 15 is 0 Å². The van der Waals surface area contributed by atoms with Crippen molar-refractivity contribution in [2.24, 2.45) is 0 Å². The topological polar surface area (TPSA) is 64.9 Å². The highest BCUT2D eigenvalue weighted by atomic mass is 32.2. The quantitative estimate of drug-likeness (QED) is 0.340. The van der Waals surface area contributed by atoms with Crippen molar-refractivity contribution in [2.75, 3.05) is 32.6 Å². The molecule has 0 aliphatic heterocycles. The molecule has 0 aromatic carbocycles. The van der Waals surface area contributed by atoms with E-state index in [1.165, 1.54) is 19.3 Å². The molecule has 7 heteroatoms. The SMILES string of the molecule is C=CCCCCCSc1nnnn1CCNCCOC. The Hall–Kier alpha value is -0.920. The van der Waals surface area contributed by atoms with Gasteiger partial charge in [-0.1, -0.05) is 24.3 Å². The van der Waals surface area contributed by atoms with Crippen molar-refractivity contribution in [3.8, 4) is 0 Å². The van der Waals surface area contributed by atoms with Gasteiger partial charge in [-0.15, -0.1) is 11.7 Å². The second kappa shape index (κ2) is 11.9. The van der Waals surface area contributed by atoms with Gasteiger partial charge in [0, 0.05) is 26.0 Å². The van der Waals surface area contributed by atoms with E-state index in [2.05, 4.69) is 27.4 Å². The number of hydrogen-bond acceptors (Lipinski definition) is 6. The number of allylic oxidation sites excluding steroid dienone is 1. The van der Waals surface area contributed by atoms with Gasteiger partial charge in [0.15, 0.2) is 0 Å². The van der Waals surface area contributed by atoms with Crippen LogP contribution < -0.4 is 5.32 Å². The molecule has 114 valence electrons. The Morgan fingerprint density at radius 2 is 2.25 bits per heavy atom. The summed E-state index contributed by atoms with van der Waals surface area (Å²) >= 11 is 1.73. The number of unbranched alkanes of at least 4 members (excludes halogenated alkanes) is 3. The number of thioether (sulfide) groups is 1. The normalized spacial score (nSPS) is 10.8. The van der Waals surface area contributed by atoms with Crippen LogP contribution in [0.25, 0.3) is 0 Å². The van der Waals surface area contributed by atoms with Gasteiger partial charge in [0.2, 0.25) is 5.16 Å². The van der Waals surface area contributed by atoms with E-state index in [0.29, 0.717) is 0 Å². The van der Waals surface area contributed by atoms with Crippen LogP contribution in [-0.4, -0.2) is 52.8 Å². The van der Waals surface area contributed by atoms with Crippen molar-refractivity contribution in [1.82, 2.24) is 25.5 Å². The molecule has 6 nitrogen and oxygen atoms in total. The van der Waals surface area contributed by atoms with Crippen molar-refractivity contribution in [3.63, 3.8) is 0 Å². The zero-order valence-corrected chi connectivity index (χ0v) is 13.1. The summed E-state index contributed by atoms with van der Waals surface area (Å²) in [5, 5.41) is 16.0. The minimum Gasteiger partial charge on any atom is -0.383 e. The molecule has 0 saturated heterocycles. The van der Waals surface area contributed by atoms with Gasteiger partial charge in [-0.3, -0.25) is 0 Å². The molecule has 0 fully saturated rings. The van der Waals surface area contributed by atoms with E-state index in [1.54, 1.807) is 18.9 Å². The average molecular weight is 299 g/mol. The molecule has 0 amide bonds. The third-order valence-electron chi connectivity index (χ3n) is 2.77. The molecule has 1 rings (SSSR count). The Bertz CT molecular complexity index is 358. The van der Waals surface area contributed by atoms with E-state index in [0.717, 1.165) is 43.6 Å². The van der Waals surface area contributed by atoms with E-state index in [4.69, 9.17) is 4.74 Å². The lowest BCUT2D eigenvalue weighted by Gasteiger charge is -2.05. The molecule has 0 aliphatic carbocycles. The molecule has 1 N–H and O–H groups in total. The highest BCUT2D eigenvalue weighted by molar-refractivity contribution is 7.99. The number of hydrogen-bond donors (Lipinski definition) is 1. The molecular formula is C13H25N5OS. The van der Waals surface area contributed by atoms with Crippen LogP contribution in [0.3, 0.4) is 0 Å². The molecule has 0 unspecified atom stereocenters. The lowest BCUT2D eigenvalue weighted by Crippen LogP contribution is -2.24. The monoisotopic (exact) mass is 299 g/mol. The van der Waals surface area contributed by atoms with Gasteiger partial charge in [0.1, 0.15) is 0 Å². The van der Waals surface area contributed by atoms with Gasteiger partial charge in [-0.2, -0.15) is 0 Å². The smallest absolute Gasteiger partial charge is 0.209 e. The van der Waals surface area contributed by atoms with E-state index in [-0.39, 0.29) is 0 Å². The number of nitrogens with one attached hydrogen (secondary N) is 1. The first-order chi connectivity index (χ1) is 9.88. The summed E-state index contributed by atoms with van der Waals surface area (Å²) in [6, 6.07) is 0. The van der Waals surface area contributed by atoms with Crippen LogP contribution in [0, 0.1) is 0 Å². The van der Waals surface area contributed by atoms with Crippen LogP contribution in [0.1, 0.15) is 25.7 Å². The summed E-state index contributed by atoms with van der Waals surface area (Å²) in [6.07, 6.45) is 6.73. The zero-order valence-electron chi connectivity index (χ0n) is 12.3. The van der Waals surface area contributed by atoms with E-state index < -0.39 is 0 Å². The Labute approximate surface area is 125 Å². The molecule has 0 radical (unpaired) electrons. The maximum absolute atomic E-state index is 4.98. The third-order valence-corrected chi connectivity index (χ3v) is 3.81. The van der Waals surface area contributed by atoms with Crippen LogP contribution in [-0.2, 0) is 11.3 Å². The van der Waals surface area contributed by atoms with Crippen molar-refractivity contribution in [1.29, 1.82) is 0 Å². The van der Waals surface area contributed by atoms with Crippen LogP contribution in [0.5, 0.6) is 0 Å². The summed E-state index contributed by atoms with van der Waals surface area (Å²) in [5.74, 6) is 1.06. The summed E-state index contributed by atoms with van der Waals surface area (Å²) < 4.78 is 6.83. The number of ether oxygens (including phenoxy) is 1. The molecule has 0 atom stereocenters. The Morgan fingerprint density at radius 1 is 1.35 bits per heavy atom. The molecule has 0 saturated carbocycles. The number of nitrogens with zero attached hydrogens (tertiary/aromatic N) is 4. The van der Waals surface area contributed by atoms with Gasteiger partial charge in [-0.25, -0.2) is 4.68 Å². The van der Waals surface area contributed by atoms with Gasteiger partial charge < -0.3 is 10.1 Å². The number of tetrazole rings is 1. The third kappa shape index (κ3) is 7.62. The second-order valence-electron chi connectivity index (χ2n) is 4.41. The number of rotatable bonds is 13. The first-order valence-corrected chi connectivity index (χ1v) is 8.06. The fourth-order valence-corrected chi connectivity index (χ4v) is 2.56. The first-order valence-electron chi connectivity index (χ1n) is 7.08. The maximum atomic E-state index is 4.98. The first kappa shape index (κ1) is 17.1. The van der Waals surface area contributed by atoms with Crippen molar-refractivity contribution in [2.45, 2.75) is 37.4 Å². The highest BCUT2D eigenvalue weighted by Gasteiger charge is 2.05. The van der Waals surface area contributed by atoms with Crippen molar-refractivity contribution >= 4 is 11.8 Å². The highest BCUT2D eigenvalue weighted by Crippen LogP contribution is 2.16. The molecule has 20 heavy (non-hydrogen) atoms. The molecule has 1 aromatic rings. The Balaban J connectivity index is 2.13. The van der Waals surface area contributed by atoms with E-state index in [9.17, 15) is 0 Å². The predicted octanol–water partition coefficient (Wildman–Crippen LogP) is 1.75. The Morgan fingerprint density at radius 3 is 3.05 bits per heavy atom. The fourth-order valence-electron chi connectivity index (χ4n) is 1.66. The molecule has 0 aliphatic rings.